The maximum absolute atomic E-state index is 14.1. The first-order valence-electron chi connectivity index (χ1n) is 9.72. The third-order valence-corrected chi connectivity index (χ3v) is 4.73. The zero-order valence-corrected chi connectivity index (χ0v) is 17.5. The van der Waals surface area contributed by atoms with Gasteiger partial charge in [-0.15, -0.1) is 0 Å². The van der Waals surface area contributed by atoms with Crippen LogP contribution < -0.4 is 5.32 Å². The number of hydrogen-bond donors (Lipinski definition) is 2. The third-order valence-electron chi connectivity index (χ3n) is 4.73. The fraction of sp³-hybridized carbons (Fsp3) is 0.292. The van der Waals surface area contributed by atoms with Gasteiger partial charge in [0, 0.05) is 35.5 Å². The van der Waals surface area contributed by atoms with E-state index in [1.54, 1.807) is 20.0 Å². The highest BCUT2D eigenvalue weighted by atomic mass is 19.1. The van der Waals surface area contributed by atoms with Crippen LogP contribution in [0.5, 0.6) is 0 Å². The fourth-order valence-corrected chi connectivity index (χ4v) is 3.06. The molecular weight excluding hydrogens is 384 g/mol. The molecule has 1 aromatic heterocycles. The average Bonchev–Trinajstić information content (AvgIpc) is 3.06. The molecule has 0 bridgehead atoms. The Morgan fingerprint density at radius 1 is 1.17 bits per heavy atom. The Bertz CT molecular complexity index is 1090. The molecule has 0 aliphatic heterocycles. The lowest BCUT2D eigenvalue weighted by Gasteiger charge is -2.14. The lowest BCUT2D eigenvalue weighted by atomic mass is 10.1. The number of benzene rings is 2. The van der Waals surface area contributed by atoms with Crippen molar-refractivity contribution < 1.29 is 13.9 Å². The summed E-state index contributed by atoms with van der Waals surface area (Å²) in [5.41, 5.74) is 2.85. The number of halogens is 2. The van der Waals surface area contributed by atoms with Crippen LogP contribution in [0.25, 0.3) is 5.69 Å². The molecule has 0 aliphatic carbocycles. The first-order valence-corrected chi connectivity index (χ1v) is 9.72. The molecule has 6 heteroatoms. The molecule has 0 fully saturated rings. The van der Waals surface area contributed by atoms with E-state index in [9.17, 15) is 13.9 Å². The zero-order chi connectivity index (χ0) is 21.9. The Labute approximate surface area is 175 Å². The predicted molar refractivity (Wildman–Crippen MR) is 113 cm³/mol. The van der Waals surface area contributed by atoms with Crippen LogP contribution in [0.4, 0.5) is 8.78 Å². The van der Waals surface area contributed by atoms with Gasteiger partial charge in [-0.25, -0.2) is 13.5 Å². The minimum absolute atomic E-state index is 0.0167. The zero-order valence-electron chi connectivity index (χ0n) is 17.5. The molecule has 0 saturated heterocycles. The molecule has 2 aromatic carbocycles. The third kappa shape index (κ3) is 5.32. The Balaban J connectivity index is 1.67. The number of rotatable bonds is 5. The van der Waals surface area contributed by atoms with Crippen LogP contribution in [0.3, 0.4) is 0 Å². The first-order chi connectivity index (χ1) is 14.1. The number of hydrogen-bond acceptors (Lipinski definition) is 3. The van der Waals surface area contributed by atoms with Crippen molar-refractivity contribution in [3.05, 3.63) is 82.7 Å². The van der Waals surface area contributed by atoms with Crippen LogP contribution in [0.1, 0.15) is 49.2 Å². The van der Waals surface area contributed by atoms with E-state index < -0.39 is 17.2 Å². The molecule has 0 amide bonds. The van der Waals surface area contributed by atoms with Crippen molar-refractivity contribution in [1.29, 1.82) is 0 Å². The summed E-state index contributed by atoms with van der Waals surface area (Å²) < 4.78 is 28.8. The molecular formula is C24H25F2N3O. The molecule has 1 atom stereocenters. The fourth-order valence-electron chi connectivity index (χ4n) is 3.06. The van der Waals surface area contributed by atoms with E-state index in [4.69, 9.17) is 0 Å². The standard InChI is InChI=1S/C24H25F2N3O/c1-16(27-14-19-7-5-18(6-8-19)11-12-24(3,4)30)21-15-28-29(17(21)2)23-10-9-20(25)13-22(23)26/h5-10,13,15-16,27,30H,14H2,1-4H3/t16-/m0/s1. The van der Waals surface area contributed by atoms with Crippen molar-refractivity contribution in [3.8, 4) is 17.5 Å². The van der Waals surface area contributed by atoms with Crippen molar-refractivity contribution in [3.63, 3.8) is 0 Å². The lowest BCUT2D eigenvalue weighted by Crippen LogP contribution is -2.18. The molecule has 0 aliphatic rings. The summed E-state index contributed by atoms with van der Waals surface area (Å²) in [7, 11) is 0. The predicted octanol–water partition coefficient (Wildman–Crippen LogP) is 4.43. The average molecular weight is 409 g/mol. The molecule has 156 valence electrons. The lowest BCUT2D eigenvalue weighted by molar-refractivity contribution is 0.143. The van der Waals surface area contributed by atoms with Crippen molar-refractivity contribution in [1.82, 2.24) is 15.1 Å². The van der Waals surface area contributed by atoms with Gasteiger partial charge in [0.25, 0.3) is 0 Å². The highest BCUT2D eigenvalue weighted by molar-refractivity contribution is 5.38. The Morgan fingerprint density at radius 3 is 2.50 bits per heavy atom. The van der Waals surface area contributed by atoms with Gasteiger partial charge in [-0.05, 0) is 57.5 Å². The smallest absolute Gasteiger partial charge is 0.151 e. The Kier molecular flexibility index (Phi) is 6.35. The van der Waals surface area contributed by atoms with Crippen molar-refractivity contribution in [2.45, 2.75) is 45.9 Å². The van der Waals surface area contributed by atoms with Crippen LogP contribution in [0, 0.1) is 30.4 Å². The van der Waals surface area contributed by atoms with Crippen LogP contribution in [0.15, 0.2) is 48.7 Å². The largest absolute Gasteiger partial charge is 0.378 e. The quantitative estimate of drug-likeness (QED) is 0.613. The molecule has 3 aromatic rings. The van der Waals surface area contributed by atoms with Gasteiger partial charge in [0.05, 0.1) is 6.20 Å². The van der Waals surface area contributed by atoms with Gasteiger partial charge in [-0.2, -0.15) is 5.10 Å². The van der Waals surface area contributed by atoms with Gasteiger partial charge >= 0.3 is 0 Å². The normalized spacial score (nSPS) is 12.4. The highest BCUT2D eigenvalue weighted by Gasteiger charge is 2.16. The van der Waals surface area contributed by atoms with Gasteiger partial charge in [-0.1, -0.05) is 24.0 Å². The van der Waals surface area contributed by atoms with E-state index in [1.807, 2.05) is 38.1 Å². The number of aromatic nitrogens is 2. The Hall–Kier alpha value is -3.01. The molecule has 0 spiro atoms. The minimum atomic E-state index is -1.02. The number of nitrogens with zero attached hydrogens (tertiary/aromatic N) is 2. The second-order valence-corrected chi connectivity index (χ2v) is 7.80. The maximum Gasteiger partial charge on any atom is 0.151 e. The molecule has 0 unspecified atom stereocenters. The van der Waals surface area contributed by atoms with Gasteiger partial charge in [-0.3, -0.25) is 0 Å². The molecule has 30 heavy (non-hydrogen) atoms. The summed E-state index contributed by atoms with van der Waals surface area (Å²) in [5, 5.41) is 17.4. The highest BCUT2D eigenvalue weighted by Crippen LogP contribution is 2.22. The number of nitrogens with one attached hydrogen (secondary N) is 1. The summed E-state index contributed by atoms with van der Waals surface area (Å²) in [5.74, 6) is 4.47. The summed E-state index contributed by atoms with van der Waals surface area (Å²) >= 11 is 0. The van der Waals surface area contributed by atoms with Crippen LogP contribution in [-0.2, 0) is 6.54 Å². The summed E-state index contributed by atoms with van der Waals surface area (Å²) in [6.45, 7) is 7.80. The van der Waals surface area contributed by atoms with E-state index in [0.29, 0.717) is 6.54 Å². The van der Waals surface area contributed by atoms with Crippen molar-refractivity contribution in [2.75, 3.05) is 0 Å². The topological polar surface area (TPSA) is 50.1 Å². The number of aliphatic hydroxyl groups is 1. The Morgan fingerprint density at radius 2 is 1.87 bits per heavy atom. The SMILES string of the molecule is Cc1c([C@H](C)NCc2ccc(C#CC(C)(C)O)cc2)cnn1-c1ccc(F)cc1F. The summed E-state index contributed by atoms with van der Waals surface area (Å²) in [6, 6.07) is 11.2. The van der Waals surface area contributed by atoms with E-state index >= 15 is 0 Å². The molecule has 2 N–H and O–H groups in total. The first kappa shape index (κ1) is 21.7. The van der Waals surface area contributed by atoms with Crippen LogP contribution in [-0.4, -0.2) is 20.5 Å². The second-order valence-electron chi connectivity index (χ2n) is 7.80. The summed E-state index contributed by atoms with van der Waals surface area (Å²) in [6.07, 6.45) is 1.70. The van der Waals surface area contributed by atoms with Crippen LogP contribution in [0.2, 0.25) is 0 Å². The second kappa shape index (κ2) is 8.78. The van der Waals surface area contributed by atoms with Gasteiger partial charge < -0.3 is 10.4 Å². The molecule has 0 saturated carbocycles. The van der Waals surface area contributed by atoms with Crippen molar-refractivity contribution in [2.24, 2.45) is 0 Å². The van der Waals surface area contributed by atoms with E-state index in [0.717, 1.165) is 28.5 Å². The molecule has 3 rings (SSSR count). The maximum atomic E-state index is 14.1. The van der Waals surface area contributed by atoms with Crippen molar-refractivity contribution >= 4 is 0 Å². The summed E-state index contributed by atoms with van der Waals surface area (Å²) in [4.78, 5) is 0. The van der Waals surface area contributed by atoms with Gasteiger partial charge in [0.2, 0.25) is 0 Å². The minimum Gasteiger partial charge on any atom is -0.378 e. The monoisotopic (exact) mass is 409 g/mol. The molecule has 0 radical (unpaired) electrons. The van der Waals surface area contributed by atoms with E-state index in [2.05, 4.69) is 22.3 Å². The van der Waals surface area contributed by atoms with Gasteiger partial charge in [0.15, 0.2) is 5.82 Å². The van der Waals surface area contributed by atoms with Crippen LogP contribution >= 0.6 is 0 Å². The molecule has 4 nitrogen and oxygen atoms in total. The van der Waals surface area contributed by atoms with E-state index in [-0.39, 0.29) is 11.7 Å². The molecule has 1 heterocycles. The van der Waals surface area contributed by atoms with E-state index in [1.165, 1.54) is 16.8 Å². The van der Waals surface area contributed by atoms with Gasteiger partial charge in [0.1, 0.15) is 17.1 Å².